The second-order valence-electron chi connectivity index (χ2n) is 6.53. The number of rotatable bonds is 7. The maximum Gasteiger partial charge on any atom is 0.409 e. The molecule has 0 radical (unpaired) electrons. The Hall–Kier alpha value is -0.810. The molecule has 2 aliphatic rings. The second kappa shape index (κ2) is 13.4. The summed E-state index contributed by atoms with van der Waals surface area (Å²) < 4.78 is 15.8. The van der Waals surface area contributed by atoms with E-state index in [1.807, 2.05) is 0 Å². The number of methoxy groups -OCH3 is 1. The number of likely N-dealkylation sites (tertiary alicyclic amines) is 1. The zero-order valence-corrected chi connectivity index (χ0v) is 18.2. The van der Waals surface area contributed by atoms with Crippen LogP contribution >= 0.6 is 24.0 Å². The Morgan fingerprint density at radius 3 is 2.69 bits per heavy atom. The van der Waals surface area contributed by atoms with Gasteiger partial charge in [-0.3, -0.25) is 4.99 Å². The molecule has 0 spiro atoms. The third-order valence-electron chi connectivity index (χ3n) is 4.63. The van der Waals surface area contributed by atoms with Gasteiger partial charge in [-0.1, -0.05) is 0 Å². The monoisotopic (exact) mass is 484 g/mol. The molecule has 0 aromatic heterocycles. The van der Waals surface area contributed by atoms with Gasteiger partial charge in [0.05, 0.1) is 20.3 Å². The quantitative estimate of drug-likeness (QED) is 0.246. The second-order valence-corrected chi connectivity index (χ2v) is 6.53. The smallest absolute Gasteiger partial charge is 0.409 e. The third-order valence-corrected chi connectivity index (χ3v) is 4.63. The molecule has 2 N–H and O–H groups in total. The van der Waals surface area contributed by atoms with E-state index in [1.165, 1.54) is 7.11 Å². The van der Waals surface area contributed by atoms with Gasteiger partial charge < -0.3 is 29.7 Å². The fourth-order valence-electron chi connectivity index (χ4n) is 3.07. The average Bonchev–Trinajstić information content (AvgIpc) is 3.16. The standard InChI is InChI=1S/C17H32N4O4.HI/c1-18-16(19-7-3-10-24-12-14-6-11-25-13-14)20-15-4-8-21(9-5-15)17(22)23-2;/h14-15H,3-13H2,1-2H3,(H2,18,19,20);1H. The van der Waals surface area contributed by atoms with Crippen molar-refractivity contribution in [1.82, 2.24) is 15.5 Å². The summed E-state index contributed by atoms with van der Waals surface area (Å²) in [5.74, 6) is 1.37. The summed E-state index contributed by atoms with van der Waals surface area (Å²) in [4.78, 5) is 17.5. The molecule has 26 heavy (non-hydrogen) atoms. The van der Waals surface area contributed by atoms with Gasteiger partial charge in [-0.25, -0.2) is 4.79 Å². The largest absolute Gasteiger partial charge is 0.453 e. The Balaban J connectivity index is 0.00000338. The summed E-state index contributed by atoms with van der Waals surface area (Å²) >= 11 is 0. The zero-order chi connectivity index (χ0) is 17.9. The molecular weight excluding hydrogens is 451 g/mol. The van der Waals surface area contributed by atoms with Crippen molar-refractivity contribution < 1.29 is 19.0 Å². The Morgan fingerprint density at radius 2 is 2.08 bits per heavy atom. The molecule has 2 rings (SSSR count). The normalized spacial score (nSPS) is 21.2. The molecule has 1 amide bonds. The van der Waals surface area contributed by atoms with E-state index in [4.69, 9.17) is 14.2 Å². The third kappa shape index (κ3) is 8.26. The van der Waals surface area contributed by atoms with E-state index in [2.05, 4.69) is 15.6 Å². The number of ether oxygens (including phenoxy) is 3. The van der Waals surface area contributed by atoms with Crippen LogP contribution in [0.4, 0.5) is 4.79 Å². The highest BCUT2D eigenvalue weighted by Crippen LogP contribution is 2.12. The number of amides is 1. The minimum Gasteiger partial charge on any atom is -0.453 e. The van der Waals surface area contributed by atoms with Gasteiger partial charge in [-0.05, 0) is 25.7 Å². The Kier molecular flexibility index (Phi) is 11.9. The summed E-state index contributed by atoms with van der Waals surface area (Å²) in [5, 5.41) is 6.74. The zero-order valence-electron chi connectivity index (χ0n) is 15.9. The lowest BCUT2D eigenvalue weighted by Crippen LogP contribution is -2.49. The maximum atomic E-state index is 11.5. The first-order valence-corrected chi connectivity index (χ1v) is 9.18. The minimum absolute atomic E-state index is 0. The molecule has 2 aliphatic heterocycles. The molecule has 0 aromatic rings. The van der Waals surface area contributed by atoms with Crippen LogP contribution < -0.4 is 10.6 Å². The van der Waals surface area contributed by atoms with Gasteiger partial charge in [0, 0.05) is 51.9 Å². The summed E-state index contributed by atoms with van der Waals surface area (Å²) in [5.41, 5.74) is 0. The van der Waals surface area contributed by atoms with Gasteiger partial charge >= 0.3 is 6.09 Å². The van der Waals surface area contributed by atoms with Crippen molar-refractivity contribution in [3.8, 4) is 0 Å². The molecule has 2 fully saturated rings. The van der Waals surface area contributed by atoms with E-state index >= 15 is 0 Å². The molecule has 8 nitrogen and oxygen atoms in total. The maximum absolute atomic E-state index is 11.5. The fraction of sp³-hybridized carbons (Fsp3) is 0.882. The Morgan fingerprint density at radius 1 is 1.31 bits per heavy atom. The molecule has 152 valence electrons. The summed E-state index contributed by atoms with van der Waals surface area (Å²) in [7, 11) is 3.19. The topological polar surface area (TPSA) is 84.4 Å². The van der Waals surface area contributed by atoms with Crippen molar-refractivity contribution >= 4 is 36.0 Å². The highest BCUT2D eigenvalue weighted by atomic mass is 127. The summed E-state index contributed by atoms with van der Waals surface area (Å²) in [6.07, 6.45) is 3.59. The van der Waals surface area contributed by atoms with Crippen molar-refractivity contribution in [3.63, 3.8) is 0 Å². The predicted octanol–water partition coefficient (Wildman–Crippen LogP) is 1.44. The van der Waals surface area contributed by atoms with Gasteiger partial charge in [-0.15, -0.1) is 24.0 Å². The molecule has 9 heteroatoms. The Bertz CT molecular complexity index is 425. The van der Waals surface area contributed by atoms with Crippen LogP contribution in [0.5, 0.6) is 0 Å². The highest BCUT2D eigenvalue weighted by Gasteiger charge is 2.23. The number of nitrogens with zero attached hydrogens (tertiary/aromatic N) is 2. The average molecular weight is 484 g/mol. The van der Waals surface area contributed by atoms with Gasteiger partial charge in [-0.2, -0.15) is 0 Å². The van der Waals surface area contributed by atoms with Crippen molar-refractivity contribution in [2.75, 3.05) is 60.2 Å². The molecule has 0 aliphatic carbocycles. The van der Waals surface area contributed by atoms with E-state index in [9.17, 15) is 4.79 Å². The lowest BCUT2D eigenvalue weighted by atomic mass is 10.1. The molecule has 1 unspecified atom stereocenters. The van der Waals surface area contributed by atoms with Crippen LogP contribution in [0.1, 0.15) is 25.7 Å². The number of hydrogen-bond donors (Lipinski definition) is 2. The predicted molar refractivity (Wildman–Crippen MR) is 111 cm³/mol. The molecule has 2 saturated heterocycles. The number of nitrogens with one attached hydrogen (secondary N) is 2. The number of carbonyl (C=O) groups excluding carboxylic acids is 1. The number of halogens is 1. The SMILES string of the molecule is CN=C(NCCCOCC1CCOC1)NC1CCN(C(=O)OC)CC1.I. The van der Waals surface area contributed by atoms with E-state index < -0.39 is 0 Å². The van der Waals surface area contributed by atoms with Crippen molar-refractivity contribution in [2.24, 2.45) is 10.9 Å². The fourth-order valence-corrected chi connectivity index (χ4v) is 3.07. The van der Waals surface area contributed by atoms with Crippen molar-refractivity contribution in [1.29, 1.82) is 0 Å². The number of piperidine rings is 1. The Labute approximate surface area is 173 Å². The van der Waals surface area contributed by atoms with E-state index in [-0.39, 0.29) is 30.1 Å². The number of hydrogen-bond acceptors (Lipinski definition) is 5. The van der Waals surface area contributed by atoms with Crippen LogP contribution in [0.2, 0.25) is 0 Å². The molecule has 1 atom stereocenters. The van der Waals surface area contributed by atoms with Crippen LogP contribution in [-0.4, -0.2) is 83.2 Å². The minimum atomic E-state index is -0.245. The van der Waals surface area contributed by atoms with Crippen LogP contribution in [0.15, 0.2) is 4.99 Å². The van der Waals surface area contributed by atoms with Gasteiger partial charge in [0.15, 0.2) is 5.96 Å². The van der Waals surface area contributed by atoms with E-state index in [0.29, 0.717) is 25.0 Å². The number of guanidine groups is 1. The highest BCUT2D eigenvalue weighted by molar-refractivity contribution is 14.0. The van der Waals surface area contributed by atoms with Crippen LogP contribution in [0.25, 0.3) is 0 Å². The van der Waals surface area contributed by atoms with Gasteiger partial charge in [0.25, 0.3) is 0 Å². The molecule has 0 aromatic carbocycles. The molecule has 0 saturated carbocycles. The molecule has 0 bridgehead atoms. The number of carbonyl (C=O) groups is 1. The van der Waals surface area contributed by atoms with Crippen LogP contribution in [0, 0.1) is 5.92 Å². The van der Waals surface area contributed by atoms with E-state index in [1.54, 1.807) is 11.9 Å². The van der Waals surface area contributed by atoms with Gasteiger partial charge in [0.1, 0.15) is 0 Å². The first-order chi connectivity index (χ1) is 12.2. The summed E-state index contributed by atoms with van der Waals surface area (Å²) in [6.45, 7) is 5.49. The van der Waals surface area contributed by atoms with Crippen molar-refractivity contribution in [2.45, 2.75) is 31.7 Å². The summed E-state index contributed by atoms with van der Waals surface area (Å²) in [6, 6.07) is 0.325. The first kappa shape index (κ1) is 23.2. The van der Waals surface area contributed by atoms with E-state index in [0.717, 1.165) is 64.6 Å². The van der Waals surface area contributed by atoms with Gasteiger partial charge in [0.2, 0.25) is 0 Å². The molecular formula is C17H33IN4O4. The lowest BCUT2D eigenvalue weighted by molar-refractivity contribution is 0.0888. The molecule has 2 heterocycles. The number of aliphatic imine (C=N–C) groups is 1. The van der Waals surface area contributed by atoms with Crippen LogP contribution in [-0.2, 0) is 14.2 Å². The van der Waals surface area contributed by atoms with Crippen LogP contribution in [0.3, 0.4) is 0 Å². The van der Waals surface area contributed by atoms with Crippen molar-refractivity contribution in [3.05, 3.63) is 0 Å². The first-order valence-electron chi connectivity index (χ1n) is 9.18. The lowest BCUT2D eigenvalue weighted by Gasteiger charge is -2.32.